The average Bonchev–Trinajstić information content (AvgIpc) is 3.60. The molecular weight excluding hydrogens is 382 g/mol. The lowest BCUT2D eigenvalue weighted by Crippen LogP contribution is -2.46. The molecule has 0 aromatic heterocycles. The molecule has 3 N–H and O–H groups in total. The highest BCUT2D eigenvalue weighted by atomic mass is 16.5. The summed E-state index contributed by atoms with van der Waals surface area (Å²) in [6, 6.07) is 8.88. The number of hydrogen-bond acceptors (Lipinski definition) is 5. The Hall–Kier alpha value is -2.32. The van der Waals surface area contributed by atoms with Gasteiger partial charge < -0.3 is 25.4 Å². The van der Waals surface area contributed by atoms with Gasteiger partial charge in [-0.1, -0.05) is 12.1 Å². The van der Waals surface area contributed by atoms with Crippen molar-refractivity contribution in [1.29, 1.82) is 0 Å². The van der Waals surface area contributed by atoms with Gasteiger partial charge in [0.2, 0.25) is 5.91 Å². The monoisotopic (exact) mass is 417 g/mol. The summed E-state index contributed by atoms with van der Waals surface area (Å²) in [5.74, 6) is 1.76. The fraction of sp³-hybridized carbons (Fsp3) is 0.636. The van der Waals surface area contributed by atoms with E-state index in [0.29, 0.717) is 19.0 Å². The molecule has 1 aromatic rings. The predicted molar refractivity (Wildman–Crippen MR) is 118 cm³/mol. The molecule has 1 unspecified atom stereocenters. The molecule has 2 aliphatic rings. The number of benzene rings is 1. The first-order valence-corrected chi connectivity index (χ1v) is 10.9. The predicted octanol–water partition coefficient (Wildman–Crippen LogP) is 1.29. The molecule has 1 aliphatic carbocycles. The molecule has 0 spiro atoms. The lowest BCUT2D eigenvalue weighted by atomic mass is 10.0. The van der Waals surface area contributed by atoms with E-state index in [1.54, 1.807) is 14.2 Å². The summed E-state index contributed by atoms with van der Waals surface area (Å²) >= 11 is 0. The first-order chi connectivity index (χ1) is 14.7. The Morgan fingerprint density at radius 2 is 1.97 bits per heavy atom. The van der Waals surface area contributed by atoms with Gasteiger partial charge in [-0.15, -0.1) is 0 Å². The molecule has 166 valence electrons. The fourth-order valence-corrected chi connectivity index (χ4v) is 3.57. The third kappa shape index (κ3) is 7.18. The third-order valence-electron chi connectivity index (χ3n) is 5.49. The SMILES string of the molecule is CN=C(NCCCC(=O)NC1CC1)NCC(c1ccc(OC)cc1)N1CCOCC1. The van der Waals surface area contributed by atoms with Crippen LogP contribution >= 0.6 is 0 Å². The van der Waals surface area contributed by atoms with Gasteiger partial charge in [0.15, 0.2) is 5.96 Å². The van der Waals surface area contributed by atoms with Gasteiger partial charge in [-0.3, -0.25) is 14.7 Å². The Kier molecular flexibility index (Phi) is 8.77. The van der Waals surface area contributed by atoms with E-state index in [-0.39, 0.29) is 11.9 Å². The second-order valence-corrected chi connectivity index (χ2v) is 7.76. The van der Waals surface area contributed by atoms with Crippen LogP contribution in [0.1, 0.15) is 37.3 Å². The van der Waals surface area contributed by atoms with Crippen LogP contribution < -0.4 is 20.7 Å². The topological polar surface area (TPSA) is 87.2 Å². The maximum absolute atomic E-state index is 11.8. The summed E-state index contributed by atoms with van der Waals surface area (Å²) in [4.78, 5) is 18.6. The standard InChI is InChI=1S/C22H35N5O3/c1-23-22(24-11-3-4-21(28)26-18-7-8-18)25-16-20(27-12-14-30-15-13-27)17-5-9-19(29-2)10-6-17/h5-6,9-10,18,20H,3-4,7-8,11-16H2,1-2H3,(H,26,28)(H2,23,24,25). The quantitative estimate of drug-likeness (QED) is 0.302. The molecular formula is C22H35N5O3. The van der Waals surface area contributed by atoms with Crippen molar-refractivity contribution >= 4 is 11.9 Å². The molecule has 2 fully saturated rings. The minimum Gasteiger partial charge on any atom is -0.497 e. The largest absolute Gasteiger partial charge is 0.497 e. The first kappa shape index (κ1) is 22.4. The van der Waals surface area contributed by atoms with Gasteiger partial charge >= 0.3 is 0 Å². The van der Waals surface area contributed by atoms with E-state index in [4.69, 9.17) is 9.47 Å². The number of nitrogens with one attached hydrogen (secondary N) is 3. The molecule has 1 heterocycles. The number of guanidine groups is 1. The summed E-state index contributed by atoms with van der Waals surface area (Å²) in [6.45, 7) is 4.75. The number of methoxy groups -OCH3 is 1. The number of hydrogen-bond donors (Lipinski definition) is 3. The van der Waals surface area contributed by atoms with Crippen LogP contribution in [0.4, 0.5) is 0 Å². The first-order valence-electron chi connectivity index (χ1n) is 10.9. The zero-order chi connectivity index (χ0) is 21.2. The van der Waals surface area contributed by atoms with Gasteiger partial charge in [0.25, 0.3) is 0 Å². The second kappa shape index (κ2) is 11.8. The summed E-state index contributed by atoms with van der Waals surface area (Å²) in [7, 11) is 3.45. The van der Waals surface area contributed by atoms with Gasteiger partial charge in [0.1, 0.15) is 5.75 Å². The molecule has 1 saturated carbocycles. The van der Waals surface area contributed by atoms with Crippen LogP contribution in [0.2, 0.25) is 0 Å². The lowest BCUT2D eigenvalue weighted by Gasteiger charge is -2.35. The molecule has 8 heteroatoms. The minimum absolute atomic E-state index is 0.147. The number of aliphatic imine (C=N–C) groups is 1. The number of amides is 1. The van der Waals surface area contributed by atoms with Crippen molar-refractivity contribution in [3.8, 4) is 5.75 Å². The van der Waals surface area contributed by atoms with Crippen molar-refractivity contribution in [2.75, 3.05) is 53.6 Å². The molecule has 1 saturated heterocycles. The maximum Gasteiger partial charge on any atom is 0.220 e. The number of ether oxygens (including phenoxy) is 2. The van der Waals surface area contributed by atoms with Crippen LogP contribution in [0, 0.1) is 0 Å². The number of morpholine rings is 1. The van der Waals surface area contributed by atoms with E-state index in [9.17, 15) is 4.79 Å². The van der Waals surface area contributed by atoms with Gasteiger partial charge in [0, 0.05) is 45.7 Å². The van der Waals surface area contributed by atoms with Crippen LogP contribution in [-0.2, 0) is 9.53 Å². The Balaban J connectivity index is 1.48. The highest BCUT2D eigenvalue weighted by molar-refractivity contribution is 5.80. The van der Waals surface area contributed by atoms with E-state index in [1.165, 1.54) is 5.56 Å². The molecule has 1 aromatic carbocycles. The number of carbonyl (C=O) groups excluding carboxylic acids is 1. The zero-order valence-corrected chi connectivity index (χ0v) is 18.2. The van der Waals surface area contributed by atoms with Crippen molar-refractivity contribution < 1.29 is 14.3 Å². The van der Waals surface area contributed by atoms with Crippen LogP contribution in [0.3, 0.4) is 0 Å². The van der Waals surface area contributed by atoms with Crippen molar-refractivity contribution in [3.63, 3.8) is 0 Å². The second-order valence-electron chi connectivity index (χ2n) is 7.76. The molecule has 1 atom stereocenters. The van der Waals surface area contributed by atoms with Crippen LogP contribution in [0.25, 0.3) is 0 Å². The highest BCUT2D eigenvalue weighted by Crippen LogP contribution is 2.23. The Morgan fingerprint density at radius 3 is 2.60 bits per heavy atom. The third-order valence-corrected chi connectivity index (χ3v) is 5.49. The molecule has 1 aliphatic heterocycles. The van der Waals surface area contributed by atoms with Crippen LogP contribution in [0.5, 0.6) is 5.75 Å². The van der Waals surface area contributed by atoms with Gasteiger partial charge in [-0.05, 0) is 37.0 Å². The fourth-order valence-electron chi connectivity index (χ4n) is 3.57. The van der Waals surface area contributed by atoms with E-state index < -0.39 is 0 Å². The number of rotatable bonds is 10. The molecule has 0 radical (unpaired) electrons. The molecule has 3 rings (SSSR count). The molecule has 1 amide bonds. The number of nitrogens with zero attached hydrogens (tertiary/aromatic N) is 2. The lowest BCUT2D eigenvalue weighted by molar-refractivity contribution is -0.121. The summed E-state index contributed by atoms with van der Waals surface area (Å²) in [5.41, 5.74) is 1.23. The maximum atomic E-state index is 11.8. The molecule has 30 heavy (non-hydrogen) atoms. The Morgan fingerprint density at radius 1 is 1.23 bits per heavy atom. The van der Waals surface area contributed by atoms with Crippen LogP contribution in [0.15, 0.2) is 29.3 Å². The van der Waals surface area contributed by atoms with E-state index in [1.807, 2.05) is 12.1 Å². The Labute approximate surface area is 179 Å². The van der Waals surface area contributed by atoms with Crippen molar-refractivity contribution in [2.45, 2.75) is 37.8 Å². The number of carbonyl (C=O) groups is 1. The van der Waals surface area contributed by atoms with Crippen molar-refractivity contribution in [3.05, 3.63) is 29.8 Å². The van der Waals surface area contributed by atoms with Crippen molar-refractivity contribution in [2.24, 2.45) is 4.99 Å². The van der Waals surface area contributed by atoms with Gasteiger partial charge in [0.05, 0.1) is 26.4 Å². The zero-order valence-electron chi connectivity index (χ0n) is 18.2. The Bertz CT molecular complexity index is 685. The highest BCUT2D eigenvalue weighted by Gasteiger charge is 2.24. The summed E-state index contributed by atoms with van der Waals surface area (Å²) in [5, 5.41) is 9.79. The van der Waals surface area contributed by atoms with E-state index in [2.05, 4.69) is 38.0 Å². The summed E-state index contributed by atoms with van der Waals surface area (Å²) in [6.07, 6.45) is 3.57. The normalized spacial score (nSPS) is 18.5. The molecule has 8 nitrogen and oxygen atoms in total. The van der Waals surface area contributed by atoms with E-state index in [0.717, 1.165) is 63.8 Å². The average molecular weight is 418 g/mol. The van der Waals surface area contributed by atoms with Crippen LogP contribution in [-0.4, -0.2) is 76.4 Å². The smallest absolute Gasteiger partial charge is 0.220 e. The minimum atomic E-state index is 0.147. The van der Waals surface area contributed by atoms with E-state index >= 15 is 0 Å². The molecule has 0 bridgehead atoms. The van der Waals surface area contributed by atoms with Gasteiger partial charge in [-0.25, -0.2) is 0 Å². The summed E-state index contributed by atoms with van der Waals surface area (Å²) < 4.78 is 10.8. The van der Waals surface area contributed by atoms with Gasteiger partial charge in [-0.2, -0.15) is 0 Å². The van der Waals surface area contributed by atoms with Crippen molar-refractivity contribution in [1.82, 2.24) is 20.9 Å².